The van der Waals surface area contributed by atoms with E-state index in [-0.39, 0.29) is 24.6 Å². The Labute approximate surface area is 160 Å². The van der Waals surface area contributed by atoms with E-state index in [0.29, 0.717) is 19.3 Å². The van der Waals surface area contributed by atoms with Crippen molar-refractivity contribution in [2.75, 3.05) is 17.2 Å². The predicted octanol–water partition coefficient (Wildman–Crippen LogP) is 2.64. The van der Waals surface area contributed by atoms with Gasteiger partial charge in [-0.2, -0.15) is 0 Å². The van der Waals surface area contributed by atoms with Crippen molar-refractivity contribution in [3.8, 4) is 0 Å². The fraction of sp³-hybridized carbons (Fsp3) is 0.421. The van der Waals surface area contributed by atoms with Gasteiger partial charge in [0.15, 0.2) is 17.3 Å². The Hall–Kier alpha value is -2.97. The average Bonchev–Trinajstić information content (AvgIpc) is 2.65. The van der Waals surface area contributed by atoms with Gasteiger partial charge in [-0.05, 0) is 25.0 Å². The molecule has 0 unspecified atom stereocenters. The Morgan fingerprint density at radius 2 is 1.86 bits per heavy atom. The van der Waals surface area contributed by atoms with E-state index in [1.165, 1.54) is 10.6 Å². The molecule has 0 aliphatic rings. The Morgan fingerprint density at radius 3 is 2.50 bits per heavy atom. The number of unbranched alkanes of at least 4 members (excludes halogenated alkanes) is 2. The van der Waals surface area contributed by atoms with Gasteiger partial charge >= 0.3 is 5.69 Å². The summed E-state index contributed by atoms with van der Waals surface area (Å²) in [5, 5.41) is 0. The molecule has 1 aromatic carbocycles. The summed E-state index contributed by atoms with van der Waals surface area (Å²) in [6.45, 7) is 4.12. The van der Waals surface area contributed by atoms with Crippen LogP contribution in [0.5, 0.6) is 0 Å². The molecule has 9 heteroatoms. The average molecular weight is 394 g/mol. The first-order valence-electron chi connectivity index (χ1n) is 9.21. The van der Waals surface area contributed by atoms with Crippen LogP contribution in [0.4, 0.5) is 20.3 Å². The van der Waals surface area contributed by atoms with E-state index in [1.807, 2.05) is 13.8 Å². The first-order chi connectivity index (χ1) is 13.3. The summed E-state index contributed by atoms with van der Waals surface area (Å²) in [4.78, 5) is 40.7. The molecule has 2 aromatic rings. The number of nitrogens with one attached hydrogen (secondary N) is 1. The van der Waals surface area contributed by atoms with E-state index in [1.54, 1.807) is 0 Å². The summed E-state index contributed by atoms with van der Waals surface area (Å²) in [5.41, 5.74) is 3.78. The highest BCUT2D eigenvalue weighted by molar-refractivity contribution is 6.07. The van der Waals surface area contributed by atoms with Crippen LogP contribution < -0.4 is 21.9 Å². The summed E-state index contributed by atoms with van der Waals surface area (Å²) >= 11 is 0. The molecule has 0 atom stereocenters. The largest absolute Gasteiger partial charge is 0.383 e. The van der Waals surface area contributed by atoms with Crippen molar-refractivity contribution in [2.24, 2.45) is 0 Å². The molecular formula is C19H24F2N4O3. The minimum atomic E-state index is -1.30. The third kappa shape index (κ3) is 4.29. The van der Waals surface area contributed by atoms with Crippen LogP contribution in [-0.4, -0.2) is 22.0 Å². The molecule has 0 aliphatic carbocycles. The van der Waals surface area contributed by atoms with Gasteiger partial charge in [-0.25, -0.2) is 13.6 Å². The van der Waals surface area contributed by atoms with Gasteiger partial charge in [0, 0.05) is 13.1 Å². The molecule has 0 spiro atoms. The van der Waals surface area contributed by atoms with Crippen LogP contribution in [0.15, 0.2) is 27.8 Å². The maximum atomic E-state index is 14.2. The van der Waals surface area contributed by atoms with Gasteiger partial charge in [-0.1, -0.05) is 32.8 Å². The highest BCUT2D eigenvalue weighted by atomic mass is 19.2. The third-order valence-corrected chi connectivity index (χ3v) is 4.38. The fourth-order valence-electron chi connectivity index (χ4n) is 2.82. The zero-order chi connectivity index (χ0) is 20.8. The molecule has 152 valence electrons. The number of amides is 1. The summed E-state index contributed by atoms with van der Waals surface area (Å²) in [5.74, 6) is -3.55. The number of carbonyl (C=O) groups is 1. The third-order valence-electron chi connectivity index (χ3n) is 4.38. The summed E-state index contributed by atoms with van der Waals surface area (Å²) in [6, 6.07) is 3.24. The second-order valence-corrected chi connectivity index (χ2v) is 6.41. The number of nitrogens with zero attached hydrogens (tertiary/aromatic N) is 2. The number of H-pyrrole nitrogens is 1. The van der Waals surface area contributed by atoms with Gasteiger partial charge in [0.2, 0.25) is 0 Å². The summed E-state index contributed by atoms with van der Waals surface area (Å²) in [7, 11) is 0. The maximum Gasteiger partial charge on any atom is 0.330 e. The Bertz CT molecular complexity index is 969. The molecule has 3 N–H and O–H groups in total. The van der Waals surface area contributed by atoms with Crippen LogP contribution >= 0.6 is 0 Å². The summed E-state index contributed by atoms with van der Waals surface area (Å²) < 4.78 is 28.9. The van der Waals surface area contributed by atoms with E-state index >= 15 is 0 Å². The molecule has 1 aromatic heterocycles. The number of rotatable bonds is 8. The number of aromatic amines is 1. The van der Waals surface area contributed by atoms with Crippen molar-refractivity contribution in [1.29, 1.82) is 0 Å². The van der Waals surface area contributed by atoms with Crippen molar-refractivity contribution in [1.82, 2.24) is 9.55 Å². The van der Waals surface area contributed by atoms with Gasteiger partial charge in [-0.3, -0.25) is 19.1 Å². The van der Waals surface area contributed by atoms with Crippen molar-refractivity contribution in [3.63, 3.8) is 0 Å². The highest BCUT2D eigenvalue weighted by Crippen LogP contribution is 2.22. The number of aromatic nitrogens is 2. The lowest BCUT2D eigenvalue weighted by Gasteiger charge is -2.24. The molecule has 28 heavy (non-hydrogen) atoms. The van der Waals surface area contributed by atoms with Crippen molar-refractivity contribution < 1.29 is 13.6 Å². The van der Waals surface area contributed by atoms with Crippen molar-refractivity contribution in [2.45, 2.75) is 46.1 Å². The van der Waals surface area contributed by atoms with E-state index in [2.05, 4.69) is 4.98 Å². The number of carbonyl (C=O) groups excluding carboxylic acids is 1. The maximum absolute atomic E-state index is 14.2. The van der Waals surface area contributed by atoms with Crippen molar-refractivity contribution >= 4 is 17.4 Å². The molecule has 1 amide bonds. The van der Waals surface area contributed by atoms with Crippen LogP contribution in [0, 0.1) is 11.6 Å². The van der Waals surface area contributed by atoms with Gasteiger partial charge in [0.05, 0.1) is 5.56 Å². The standard InChI is InChI=1S/C19H24F2N4O3/c1-3-5-10-24(18(27)12-8-7-9-13(20)14(12)21)15-16(22)25(11-6-4-2)19(28)23-17(15)26/h7-9H,3-6,10-11,22H2,1-2H3,(H,23,26,28). The fourth-order valence-corrected chi connectivity index (χ4v) is 2.82. The van der Waals surface area contributed by atoms with Crippen LogP contribution in [-0.2, 0) is 6.54 Å². The molecule has 0 bridgehead atoms. The Morgan fingerprint density at radius 1 is 1.18 bits per heavy atom. The van der Waals surface area contributed by atoms with Gasteiger partial charge in [-0.15, -0.1) is 0 Å². The van der Waals surface area contributed by atoms with Gasteiger partial charge in [0.25, 0.3) is 11.5 Å². The van der Waals surface area contributed by atoms with Crippen molar-refractivity contribution in [3.05, 3.63) is 56.2 Å². The monoisotopic (exact) mass is 394 g/mol. The molecule has 0 saturated carbocycles. The number of benzene rings is 1. The predicted molar refractivity (Wildman–Crippen MR) is 104 cm³/mol. The number of nitrogens with two attached hydrogens (primary N) is 1. The quantitative estimate of drug-likeness (QED) is 0.719. The lowest BCUT2D eigenvalue weighted by molar-refractivity contribution is 0.0981. The van der Waals surface area contributed by atoms with E-state index in [4.69, 9.17) is 5.73 Å². The highest BCUT2D eigenvalue weighted by Gasteiger charge is 2.27. The SMILES string of the molecule is CCCCN(C(=O)c1cccc(F)c1F)c1c(N)n(CCCC)c(=O)[nH]c1=O. The lowest BCUT2D eigenvalue weighted by Crippen LogP contribution is -2.42. The second-order valence-electron chi connectivity index (χ2n) is 6.41. The molecule has 0 fully saturated rings. The number of anilines is 2. The van der Waals surface area contributed by atoms with Gasteiger partial charge in [0.1, 0.15) is 5.82 Å². The van der Waals surface area contributed by atoms with E-state index in [0.717, 1.165) is 23.5 Å². The van der Waals surface area contributed by atoms with E-state index in [9.17, 15) is 23.2 Å². The lowest BCUT2D eigenvalue weighted by atomic mass is 10.1. The molecule has 1 heterocycles. The molecule has 0 radical (unpaired) electrons. The first-order valence-corrected chi connectivity index (χ1v) is 9.21. The van der Waals surface area contributed by atoms with Crippen LogP contribution in [0.1, 0.15) is 49.9 Å². The topological polar surface area (TPSA) is 101 Å². The Kier molecular flexibility index (Phi) is 7.08. The number of halogens is 2. The van der Waals surface area contributed by atoms with Crippen LogP contribution in [0.3, 0.4) is 0 Å². The molecule has 2 rings (SSSR count). The minimum Gasteiger partial charge on any atom is -0.383 e. The minimum absolute atomic E-state index is 0.0601. The molecule has 0 aliphatic heterocycles. The normalized spacial score (nSPS) is 10.9. The summed E-state index contributed by atoms with van der Waals surface area (Å²) in [6.07, 6.45) is 2.60. The second kappa shape index (κ2) is 9.29. The smallest absolute Gasteiger partial charge is 0.330 e. The zero-order valence-electron chi connectivity index (χ0n) is 15.9. The number of hydrogen-bond donors (Lipinski definition) is 2. The Balaban J connectivity index is 2.63. The number of nitrogen functional groups attached to an aromatic ring is 1. The molecule has 0 saturated heterocycles. The zero-order valence-corrected chi connectivity index (χ0v) is 15.9. The van der Waals surface area contributed by atoms with Crippen LogP contribution in [0.25, 0.3) is 0 Å². The van der Waals surface area contributed by atoms with E-state index < -0.39 is 34.4 Å². The first kappa shape index (κ1) is 21.3. The molecule has 7 nitrogen and oxygen atoms in total. The number of hydrogen-bond acceptors (Lipinski definition) is 4. The molecular weight excluding hydrogens is 370 g/mol. The van der Waals surface area contributed by atoms with Crippen LogP contribution in [0.2, 0.25) is 0 Å². The van der Waals surface area contributed by atoms with Gasteiger partial charge < -0.3 is 10.6 Å².